The van der Waals surface area contributed by atoms with Gasteiger partial charge in [-0.3, -0.25) is 38.1 Å². The van der Waals surface area contributed by atoms with Crippen molar-refractivity contribution in [2.75, 3.05) is 36.0 Å². The molecule has 12 N–H and O–H groups in total. The minimum atomic E-state index is -5.24. The zero-order valence-corrected chi connectivity index (χ0v) is 54.4. The molecule has 6 rings (SSSR count). The molecule has 34 nitrogen and oxygen atoms in total. The number of aromatic amines is 4. The molecule has 0 saturated heterocycles. The first-order valence-corrected chi connectivity index (χ1v) is 32.1. The van der Waals surface area contributed by atoms with Crippen LogP contribution in [0.25, 0.3) is 12.2 Å². The maximum absolute atomic E-state index is 12.9. The summed E-state index contributed by atoms with van der Waals surface area (Å²) in [4.78, 5) is 32.3. The Bertz CT molecular complexity index is 4270. The summed E-state index contributed by atoms with van der Waals surface area (Å²) >= 11 is 0. The van der Waals surface area contributed by atoms with Gasteiger partial charge in [-0.05, 0) is 99.5 Å². The van der Waals surface area contributed by atoms with E-state index in [0.717, 1.165) is 48.6 Å². The second-order valence-electron chi connectivity index (χ2n) is 18.2. The van der Waals surface area contributed by atoms with E-state index in [2.05, 4.69) is 49.9 Å². The maximum Gasteiger partial charge on any atom is 1.00 e. The summed E-state index contributed by atoms with van der Waals surface area (Å²) < 4.78 is 213. The number of nitrogens with one attached hydrogen (secondary N) is 4. The predicted octanol–water partition coefficient (Wildman–Crippen LogP) is -7.17. The Labute approximate surface area is 533 Å². The number of aromatic nitrogens is 6. The van der Waals surface area contributed by atoms with Gasteiger partial charge < -0.3 is 39.3 Å². The van der Waals surface area contributed by atoms with Crippen molar-refractivity contribution < 1.29 is 157 Å². The van der Waals surface area contributed by atoms with Gasteiger partial charge in [0, 0.05) is 26.2 Å². The van der Waals surface area contributed by atoms with Crippen molar-refractivity contribution in [3.63, 3.8) is 0 Å². The Morgan fingerprint density at radius 1 is 0.453 bits per heavy atom. The first kappa shape index (κ1) is 73.2. The molecular formula is C44H50N12Na2O22S6. The number of H-pyrrole nitrogens is 4. The fourth-order valence-electron chi connectivity index (χ4n) is 7.58. The number of hydrogen-bond acceptors (Lipinski definition) is 26. The van der Waals surface area contributed by atoms with Crippen LogP contribution in [0.4, 0.5) is 34.6 Å². The number of benzene rings is 4. The molecule has 6 aromatic rings. The molecule has 0 saturated carbocycles. The molecule has 0 amide bonds. The molecule has 4 aromatic carbocycles. The number of aliphatic hydroxyl groups is 4. The van der Waals surface area contributed by atoms with Crippen LogP contribution >= 0.6 is 0 Å². The fraction of sp³-hybridized carbons (Fsp3) is 0.273. The minimum Gasteiger partial charge on any atom is -0.744 e. The summed E-state index contributed by atoms with van der Waals surface area (Å²) in [7, 11) is -31.2. The predicted molar refractivity (Wildman–Crippen MR) is 288 cm³/mol. The first-order chi connectivity index (χ1) is 38.6. The molecule has 0 spiro atoms. The molecule has 0 fully saturated rings. The summed E-state index contributed by atoms with van der Waals surface area (Å²) in [6.45, 7) is 4.50. The third-order valence-electron chi connectivity index (χ3n) is 10.8. The number of nitrogens with zero attached hydrogens (tertiary/aromatic N) is 8. The van der Waals surface area contributed by atoms with Gasteiger partial charge >= 0.3 is 59.1 Å². The van der Waals surface area contributed by atoms with Gasteiger partial charge in [-0.1, -0.05) is 24.3 Å². The molecule has 2 aromatic heterocycles. The number of anilines is 2. The van der Waals surface area contributed by atoms with Gasteiger partial charge in [0.25, 0.3) is 40.5 Å². The molecule has 0 aliphatic carbocycles. The third-order valence-corrected chi connectivity index (χ3v) is 16.1. The van der Waals surface area contributed by atoms with Crippen LogP contribution in [-0.2, 0) is 60.7 Å². The Balaban J connectivity index is 0.00000792. The standard InChI is InChI=1S/C44H52N12O22S6.2Na/c1-23(57)19-55(20-24(2)58)43-51-39(49-41(53-43)47-33-17-31(79(61,62)63)11-13-35(33)81(67,68)69)45-29-9-7-27(37(15-29)83(73,74)75)5-6-28-8-10-30(16-38(28)84(76,77)78)46-40-50-42(54-44(52-40)56(21-25(3)59)22-26(4)60)48-34-18-32(80(64,65)66)12-14-36(34)82(70,71)72;;/h5-18,23-26,57-60H,19-22H2,1-4H3,(H,61,62,63)(H,64,65,66)(H,67,68,69)(H,70,71,72)(H,73,74,75)(H,76,77,78)(H2,45,47,49,51,53)(H2,46,48,50,52,54);;/q;2*+1/p-2/b6-5+;;. The van der Waals surface area contributed by atoms with E-state index < -0.39 is 148 Å². The minimum absolute atomic E-state index is 0. The van der Waals surface area contributed by atoms with Crippen molar-refractivity contribution in [3.8, 4) is 0 Å². The third kappa shape index (κ3) is 20.7. The molecule has 0 bridgehead atoms. The van der Waals surface area contributed by atoms with Crippen LogP contribution in [0.5, 0.6) is 0 Å². The number of aliphatic hydroxyl groups excluding tert-OH is 4. The topological polar surface area (TPSA) is 558 Å². The van der Waals surface area contributed by atoms with Gasteiger partial charge in [-0.2, -0.15) is 43.6 Å². The summed E-state index contributed by atoms with van der Waals surface area (Å²) in [5.41, 5.74) is -5.08. The summed E-state index contributed by atoms with van der Waals surface area (Å²) in [6, 6.07) is 9.45. The average Bonchev–Trinajstić information content (AvgIpc) is 1.01. The van der Waals surface area contributed by atoms with Gasteiger partial charge in [0.05, 0.1) is 57.0 Å². The Kier molecular flexibility index (Phi) is 24.6. The Hall–Kier alpha value is -5.26. The monoisotopic (exact) mass is 1340 g/mol. The molecule has 4 atom stereocenters. The molecule has 456 valence electrons. The zero-order valence-electron chi connectivity index (χ0n) is 45.5. The zero-order chi connectivity index (χ0) is 62.7. The molecule has 42 heteroatoms. The summed E-state index contributed by atoms with van der Waals surface area (Å²) in [5, 5.41) is 41.1. The maximum atomic E-state index is 12.9. The second-order valence-corrected chi connectivity index (χ2v) is 26.5. The SMILES string of the molecule is CC(O)CN(CC(C)O)c1nc(=Nc2ccc(/C=C/c3ccc(N=c4nc(N(CC(C)O)CC(C)O)[nH]c(=Nc5cc(S(=O)(=O)[O-])ccc5S(=O)(=O)O)[nH]4)cc3S(=O)(=O)O)c(S(=O)(=O)O)c2)[nH]c(=Nc2cc(S(=O)(=O)[O-])ccc2S(=O)(=O)O)[nH]1.[Na+].[Na+]. The van der Waals surface area contributed by atoms with Crippen LogP contribution in [0, 0.1) is 0 Å². The van der Waals surface area contributed by atoms with E-state index >= 15 is 0 Å². The van der Waals surface area contributed by atoms with E-state index in [0.29, 0.717) is 36.4 Å². The van der Waals surface area contributed by atoms with Crippen LogP contribution < -0.4 is 91.4 Å². The van der Waals surface area contributed by atoms with Crippen LogP contribution in [0.1, 0.15) is 38.8 Å². The van der Waals surface area contributed by atoms with Crippen LogP contribution in [0.3, 0.4) is 0 Å². The summed E-state index contributed by atoms with van der Waals surface area (Å²) in [5.74, 6) is -0.550. The quantitative estimate of drug-likeness (QED) is 0.0171. The Morgan fingerprint density at radius 2 is 0.756 bits per heavy atom. The number of hydrogen-bond donors (Lipinski definition) is 12. The van der Waals surface area contributed by atoms with Crippen molar-refractivity contribution in [3.05, 3.63) is 106 Å². The van der Waals surface area contributed by atoms with E-state index in [9.17, 15) is 98.2 Å². The van der Waals surface area contributed by atoms with Crippen molar-refractivity contribution in [2.45, 2.75) is 81.5 Å². The largest absolute Gasteiger partial charge is 1.00 e. The van der Waals surface area contributed by atoms with Gasteiger partial charge in [-0.25, -0.2) is 36.8 Å². The molecule has 2 heterocycles. The van der Waals surface area contributed by atoms with Gasteiger partial charge in [0.2, 0.25) is 34.4 Å². The average molecular weight is 1340 g/mol. The van der Waals surface area contributed by atoms with Crippen LogP contribution in [0.15, 0.2) is 122 Å². The van der Waals surface area contributed by atoms with Crippen molar-refractivity contribution in [1.82, 2.24) is 29.9 Å². The van der Waals surface area contributed by atoms with Gasteiger partial charge in [0.1, 0.15) is 39.8 Å². The smallest absolute Gasteiger partial charge is 0.744 e. The molecule has 0 aliphatic rings. The van der Waals surface area contributed by atoms with E-state index in [-0.39, 0.29) is 120 Å². The van der Waals surface area contributed by atoms with Crippen molar-refractivity contribution in [2.24, 2.45) is 20.0 Å². The normalized spacial score (nSPS) is 15.0. The molecule has 0 aliphatic heterocycles. The van der Waals surface area contributed by atoms with Crippen molar-refractivity contribution in [1.29, 1.82) is 0 Å². The van der Waals surface area contributed by atoms with E-state index in [4.69, 9.17) is 0 Å². The molecular weight excluding hydrogens is 1290 g/mol. The fourth-order valence-corrected chi connectivity index (χ4v) is 11.2. The van der Waals surface area contributed by atoms with Crippen LogP contribution in [-0.4, -0.2) is 179 Å². The van der Waals surface area contributed by atoms with Crippen molar-refractivity contribution >= 4 is 108 Å². The van der Waals surface area contributed by atoms with Crippen LogP contribution in [0.2, 0.25) is 0 Å². The summed E-state index contributed by atoms with van der Waals surface area (Å²) in [6.07, 6.45) is -2.42. The molecule has 4 unspecified atom stereocenters. The van der Waals surface area contributed by atoms with Gasteiger partial charge in [0.15, 0.2) is 0 Å². The van der Waals surface area contributed by atoms with Gasteiger partial charge in [-0.15, -0.1) is 0 Å². The van der Waals surface area contributed by atoms with E-state index in [1.54, 1.807) is 0 Å². The number of rotatable bonds is 22. The molecule has 0 radical (unpaired) electrons. The first-order valence-electron chi connectivity index (χ1n) is 23.5. The van der Waals surface area contributed by atoms with E-state index in [1.807, 2.05) is 0 Å². The van der Waals surface area contributed by atoms with E-state index in [1.165, 1.54) is 37.5 Å². The second kappa shape index (κ2) is 28.9. The molecule has 86 heavy (non-hydrogen) atoms. The Morgan fingerprint density at radius 3 is 1.02 bits per heavy atom.